The molecule has 0 amide bonds. The van der Waals surface area contributed by atoms with E-state index in [1.165, 1.54) is 417 Å². The van der Waals surface area contributed by atoms with E-state index >= 15 is 0 Å². The van der Waals surface area contributed by atoms with Crippen molar-refractivity contribution >= 4 is 11.9 Å². The highest BCUT2D eigenvalue weighted by atomic mass is 16.4. The normalized spacial score (nSPS) is 14.5. The molecule has 0 spiro atoms. The van der Waals surface area contributed by atoms with E-state index in [9.17, 15) is 9.59 Å². The van der Waals surface area contributed by atoms with Crippen LogP contribution >= 0.6 is 0 Å². The van der Waals surface area contributed by atoms with E-state index in [4.69, 9.17) is 10.2 Å². The standard InChI is InChI=1S/C77H150O4/c1-3-5-7-9-11-13-15-17-19-21-27-33-39-45-52-60-68-76(69-61-53-46-40-34-28-22-20-18-16-14-12-10-8-6-4-2)72-64-56-49-57-65-73-77(76,70-62-54-47-41-35-29-23-25-31-37-43-50-58-66-74(78)79)71-63-55-48-42-36-30-24-26-32-38-44-51-59-67-75(80)81/h3-73H2,1-2H3,(H,78,79)(H,80,81). The van der Waals surface area contributed by atoms with E-state index < -0.39 is 11.9 Å². The monoisotopic (exact) mass is 1140 g/mol. The Bertz CT molecular complexity index is 1180. The highest BCUT2D eigenvalue weighted by molar-refractivity contribution is 5.66. The third-order valence-corrected chi connectivity index (χ3v) is 20.5. The molecule has 81 heavy (non-hydrogen) atoms. The summed E-state index contributed by atoms with van der Waals surface area (Å²) in [7, 11) is 0. The van der Waals surface area contributed by atoms with E-state index in [-0.39, 0.29) is 0 Å². The molecule has 1 aliphatic carbocycles. The van der Waals surface area contributed by atoms with Gasteiger partial charge in [0.1, 0.15) is 0 Å². The van der Waals surface area contributed by atoms with Crippen molar-refractivity contribution in [2.45, 2.75) is 470 Å². The van der Waals surface area contributed by atoms with Gasteiger partial charge in [0.15, 0.2) is 0 Å². The first-order chi connectivity index (χ1) is 39.9. The fourth-order valence-corrected chi connectivity index (χ4v) is 15.2. The van der Waals surface area contributed by atoms with Crippen molar-refractivity contribution in [1.82, 2.24) is 0 Å². The summed E-state index contributed by atoms with van der Waals surface area (Å²) in [5.41, 5.74) is 1.10. The Hall–Kier alpha value is -1.06. The van der Waals surface area contributed by atoms with Gasteiger partial charge in [-0.15, -0.1) is 0 Å². The second-order valence-electron chi connectivity index (χ2n) is 27.9. The number of carboxylic acid groups (broad SMARTS) is 2. The highest BCUT2D eigenvalue weighted by Crippen LogP contribution is 2.59. The van der Waals surface area contributed by atoms with Crippen molar-refractivity contribution < 1.29 is 19.8 Å². The van der Waals surface area contributed by atoms with E-state index in [0.29, 0.717) is 23.7 Å². The van der Waals surface area contributed by atoms with Crippen molar-refractivity contribution in [2.24, 2.45) is 10.8 Å². The van der Waals surface area contributed by atoms with Crippen LogP contribution in [0, 0.1) is 10.8 Å². The molecular formula is C77H150O4. The van der Waals surface area contributed by atoms with E-state index in [1.54, 1.807) is 0 Å². The van der Waals surface area contributed by atoms with Gasteiger partial charge in [-0.3, -0.25) is 9.59 Å². The zero-order valence-corrected chi connectivity index (χ0v) is 55.9. The molecule has 0 aliphatic heterocycles. The molecule has 2 N–H and O–H groups in total. The van der Waals surface area contributed by atoms with Crippen LogP contribution in [0.5, 0.6) is 0 Å². The smallest absolute Gasteiger partial charge is 0.303 e. The van der Waals surface area contributed by atoms with Gasteiger partial charge in [0.2, 0.25) is 0 Å². The van der Waals surface area contributed by atoms with Crippen LogP contribution in [0.25, 0.3) is 0 Å². The van der Waals surface area contributed by atoms with Gasteiger partial charge in [-0.2, -0.15) is 0 Å². The molecule has 1 saturated carbocycles. The molecule has 0 unspecified atom stereocenters. The minimum Gasteiger partial charge on any atom is -0.481 e. The molecule has 0 radical (unpaired) electrons. The first-order valence-corrected chi connectivity index (χ1v) is 38.3. The van der Waals surface area contributed by atoms with Crippen molar-refractivity contribution in [3.8, 4) is 0 Å². The molecule has 0 aromatic carbocycles. The van der Waals surface area contributed by atoms with Crippen LogP contribution in [0.15, 0.2) is 0 Å². The van der Waals surface area contributed by atoms with Crippen LogP contribution in [0.2, 0.25) is 0 Å². The van der Waals surface area contributed by atoms with Gasteiger partial charge < -0.3 is 10.2 Å². The molecule has 4 nitrogen and oxygen atoms in total. The van der Waals surface area contributed by atoms with Crippen LogP contribution in [0.1, 0.15) is 470 Å². The maximum absolute atomic E-state index is 10.8. The number of carbonyl (C=O) groups is 2. The lowest BCUT2D eigenvalue weighted by Gasteiger charge is -2.53. The number of carboxylic acids is 2. The minimum atomic E-state index is -0.643. The molecule has 0 bridgehead atoms. The van der Waals surface area contributed by atoms with Crippen molar-refractivity contribution in [1.29, 1.82) is 0 Å². The number of aliphatic carboxylic acids is 2. The number of rotatable bonds is 66. The van der Waals surface area contributed by atoms with Crippen LogP contribution in [-0.2, 0) is 9.59 Å². The zero-order valence-electron chi connectivity index (χ0n) is 55.9. The van der Waals surface area contributed by atoms with Crippen LogP contribution in [0.4, 0.5) is 0 Å². The number of hydrogen-bond donors (Lipinski definition) is 2. The third kappa shape index (κ3) is 50.8. The molecule has 482 valence electrons. The van der Waals surface area contributed by atoms with Gasteiger partial charge in [-0.1, -0.05) is 406 Å². The Labute approximate surface area is 509 Å². The van der Waals surface area contributed by atoms with E-state index in [2.05, 4.69) is 13.8 Å². The third-order valence-electron chi connectivity index (χ3n) is 20.5. The largest absolute Gasteiger partial charge is 0.481 e. The Morgan fingerprint density at radius 2 is 0.370 bits per heavy atom. The molecular weight excluding hydrogens is 989 g/mol. The van der Waals surface area contributed by atoms with Crippen LogP contribution in [-0.4, -0.2) is 22.2 Å². The summed E-state index contributed by atoms with van der Waals surface area (Å²) in [5.74, 6) is -1.29. The lowest BCUT2D eigenvalue weighted by molar-refractivity contribution is -0.138. The number of hydrogen-bond acceptors (Lipinski definition) is 2. The SMILES string of the molecule is CCCCCCCCCCCCCCCCCCC1(CCCCCCCCCCCCCCCCCC)CCCCCCCC1(CCCCCCCCCCCCCCCC(=O)O)CCCCCCCCCCCCCCCC(=O)O. The van der Waals surface area contributed by atoms with E-state index in [0.717, 1.165) is 25.7 Å². The van der Waals surface area contributed by atoms with Gasteiger partial charge in [0, 0.05) is 12.8 Å². The zero-order chi connectivity index (χ0) is 58.4. The second kappa shape index (κ2) is 62.0. The fourth-order valence-electron chi connectivity index (χ4n) is 15.2. The second-order valence-corrected chi connectivity index (χ2v) is 27.9. The lowest BCUT2D eigenvalue weighted by atomic mass is 9.52. The first kappa shape index (κ1) is 78.0. The molecule has 0 heterocycles. The molecule has 0 aromatic rings. The maximum Gasteiger partial charge on any atom is 0.303 e. The summed E-state index contributed by atoms with van der Waals surface area (Å²) < 4.78 is 0. The Morgan fingerprint density at radius 1 is 0.222 bits per heavy atom. The van der Waals surface area contributed by atoms with Crippen LogP contribution < -0.4 is 0 Å². The minimum absolute atomic E-state index is 0.339. The van der Waals surface area contributed by atoms with Gasteiger partial charge in [-0.25, -0.2) is 0 Å². The van der Waals surface area contributed by atoms with Crippen LogP contribution in [0.3, 0.4) is 0 Å². The summed E-state index contributed by atoms with van der Waals surface area (Å²) in [6, 6.07) is 0. The van der Waals surface area contributed by atoms with Gasteiger partial charge in [0.05, 0.1) is 0 Å². The average molecular weight is 1140 g/mol. The molecule has 1 fully saturated rings. The first-order valence-electron chi connectivity index (χ1n) is 38.3. The quantitative estimate of drug-likeness (QED) is 0.0595. The van der Waals surface area contributed by atoms with Gasteiger partial charge in [-0.05, 0) is 62.2 Å². The highest BCUT2D eigenvalue weighted by Gasteiger charge is 2.48. The molecule has 4 heteroatoms. The summed E-state index contributed by atoms with van der Waals surface area (Å²) in [4.78, 5) is 21.7. The maximum atomic E-state index is 10.8. The predicted octanol–water partition coefficient (Wildman–Crippen LogP) is 27.9. The summed E-state index contributed by atoms with van der Waals surface area (Å²) in [6.45, 7) is 4.65. The molecule has 0 saturated heterocycles. The summed E-state index contributed by atoms with van der Waals surface area (Å²) in [5, 5.41) is 17.9. The fraction of sp³-hybridized carbons (Fsp3) is 0.974. The van der Waals surface area contributed by atoms with Crippen molar-refractivity contribution in [3.63, 3.8) is 0 Å². The average Bonchev–Trinajstić information content (AvgIpc) is 3.60. The topological polar surface area (TPSA) is 74.6 Å². The Morgan fingerprint density at radius 3 is 0.543 bits per heavy atom. The Balaban J connectivity index is 2.95. The van der Waals surface area contributed by atoms with Crippen molar-refractivity contribution in [3.05, 3.63) is 0 Å². The molecule has 0 aromatic heterocycles. The van der Waals surface area contributed by atoms with E-state index in [1.807, 2.05) is 0 Å². The lowest BCUT2D eigenvalue weighted by Crippen LogP contribution is -2.43. The predicted molar refractivity (Wildman–Crippen MR) is 359 cm³/mol. The van der Waals surface area contributed by atoms with Crippen molar-refractivity contribution in [2.75, 3.05) is 0 Å². The number of unbranched alkanes of at least 4 members (excludes halogenated alkanes) is 54. The Kier molecular flexibility index (Phi) is 59.7. The molecule has 1 rings (SSSR count). The summed E-state index contributed by atoms with van der Waals surface area (Å²) in [6.07, 6.45) is 98.3. The van der Waals surface area contributed by atoms with Gasteiger partial charge in [0.25, 0.3) is 0 Å². The molecule has 1 aliphatic rings. The summed E-state index contributed by atoms with van der Waals surface area (Å²) >= 11 is 0. The molecule has 0 atom stereocenters. The van der Waals surface area contributed by atoms with Gasteiger partial charge >= 0.3 is 11.9 Å².